The molecule has 4 nitrogen and oxygen atoms in total. The molecule has 4 aliphatic carbocycles. The van der Waals surface area contributed by atoms with Gasteiger partial charge < -0.3 is 10.1 Å². The summed E-state index contributed by atoms with van der Waals surface area (Å²) in [5.74, 6) is 8.12. The Labute approximate surface area is 222 Å². The average molecular weight is 499 g/mol. The summed E-state index contributed by atoms with van der Waals surface area (Å²) >= 11 is 0. The fraction of sp³-hybridized carbons (Fsp3) is 0.606. The highest BCUT2D eigenvalue weighted by molar-refractivity contribution is 5.94. The maximum absolute atomic E-state index is 12.9. The van der Waals surface area contributed by atoms with Crippen molar-refractivity contribution in [3.05, 3.63) is 52.6 Å². The number of hydroxylamine groups is 2. The number of ketones is 1. The fourth-order valence-corrected chi connectivity index (χ4v) is 9.03. The highest BCUT2D eigenvalue weighted by atomic mass is 16.5. The molecule has 0 radical (unpaired) electrons. The number of anilines is 1. The van der Waals surface area contributed by atoms with Gasteiger partial charge in [0.25, 0.3) is 0 Å². The van der Waals surface area contributed by atoms with Gasteiger partial charge in [-0.2, -0.15) is 5.06 Å². The van der Waals surface area contributed by atoms with Gasteiger partial charge in [-0.05, 0) is 111 Å². The Kier molecular flexibility index (Phi) is 6.37. The molecule has 5 atom stereocenters. The lowest BCUT2D eigenvalue weighted by Crippen LogP contribution is -2.56. The van der Waals surface area contributed by atoms with Gasteiger partial charge in [-0.3, -0.25) is 4.79 Å². The summed E-state index contributed by atoms with van der Waals surface area (Å²) in [6, 6.07) is 9.18. The first kappa shape index (κ1) is 25.0. The third-order valence-electron chi connectivity index (χ3n) is 10.8. The molecule has 0 bridgehead atoms. The Morgan fingerprint density at radius 1 is 1.05 bits per heavy atom. The van der Waals surface area contributed by atoms with E-state index in [2.05, 4.69) is 47.9 Å². The topological polar surface area (TPSA) is 43.8 Å². The fourth-order valence-electron chi connectivity index (χ4n) is 9.03. The number of hydrogen-bond acceptors (Lipinski definition) is 4. The number of carbonyl (C=O) groups is 1. The van der Waals surface area contributed by atoms with Crippen molar-refractivity contribution in [2.45, 2.75) is 89.5 Å². The first-order valence-electron chi connectivity index (χ1n) is 14.6. The van der Waals surface area contributed by atoms with E-state index < -0.39 is 5.54 Å². The van der Waals surface area contributed by atoms with Gasteiger partial charge in [-0.1, -0.05) is 30.6 Å². The van der Waals surface area contributed by atoms with E-state index in [-0.39, 0.29) is 17.1 Å². The predicted octanol–water partition coefficient (Wildman–Crippen LogP) is 6.66. The Hall–Kier alpha value is -2.35. The molecular formula is C33H42N2O2. The Morgan fingerprint density at radius 2 is 1.81 bits per heavy atom. The van der Waals surface area contributed by atoms with Crippen LogP contribution < -0.4 is 4.90 Å². The first-order chi connectivity index (χ1) is 17.9. The van der Waals surface area contributed by atoms with Crippen LogP contribution in [0.2, 0.25) is 0 Å². The summed E-state index contributed by atoms with van der Waals surface area (Å²) in [5.41, 5.74) is 6.51. The second kappa shape index (κ2) is 9.44. The highest BCUT2D eigenvalue weighted by Crippen LogP contribution is 2.65. The molecule has 196 valence electrons. The number of piperidine rings is 1. The van der Waals surface area contributed by atoms with Gasteiger partial charge in [0.05, 0.1) is 0 Å². The smallest absolute Gasteiger partial charge is 0.156 e. The van der Waals surface area contributed by atoms with Crippen molar-refractivity contribution in [2.75, 3.05) is 25.0 Å². The summed E-state index contributed by atoms with van der Waals surface area (Å²) in [5, 5.41) is 12.3. The van der Waals surface area contributed by atoms with Gasteiger partial charge in [-0.25, -0.2) is 0 Å². The quantitative estimate of drug-likeness (QED) is 0.374. The van der Waals surface area contributed by atoms with E-state index in [0.29, 0.717) is 18.3 Å². The van der Waals surface area contributed by atoms with Crippen LogP contribution in [0.4, 0.5) is 5.69 Å². The number of fused-ring (bicyclic) bond motifs is 4. The third-order valence-corrected chi connectivity index (χ3v) is 10.8. The Balaban J connectivity index is 1.36. The lowest BCUT2D eigenvalue weighted by molar-refractivity contribution is -0.173. The van der Waals surface area contributed by atoms with Crippen LogP contribution in [0.5, 0.6) is 0 Å². The van der Waals surface area contributed by atoms with Crippen LogP contribution >= 0.6 is 0 Å². The minimum Gasteiger partial charge on any atom is -0.372 e. The maximum atomic E-state index is 12.9. The zero-order valence-corrected chi connectivity index (χ0v) is 22.9. The molecule has 1 aliphatic heterocycles. The number of carbonyl (C=O) groups excluding carboxylic acids is 1. The number of rotatable bonds is 3. The average Bonchev–Trinajstić information content (AvgIpc) is 3.22. The van der Waals surface area contributed by atoms with E-state index in [1.807, 2.05) is 13.0 Å². The van der Waals surface area contributed by atoms with Gasteiger partial charge in [0.2, 0.25) is 0 Å². The predicted molar refractivity (Wildman–Crippen MR) is 148 cm³/mol. The molecule has 5 aliphatic rings. The van der Waals surface area contributed by atoms with E-state index in [1.54, 1.807) is 12.6 Å². The molecule has 1 aromatic carbocycles. The minimum atomic E-state index is -0.467. The molecule has 0 aromatic heterocycles. The second-order valence-corrected chi connectivity index (χ2v) is 12.4. The van der Waals surface area contributed by atoms with Gasteiger partial charge in [0, 0.05) is 43.6 Å². The number of hydrogen-bond donors (Lipinski definition) is 1. The molecule has 3 fully saturated rings. The summed E-state index contributed by atoms with van der Waals surface area (Å²) < 4.78 is 0. The molecule has 1 aromatic rings. The molecule has 4 heteroatoms. The Bertz CT molecular complexity index is 1190. The summed E-state index contributed by atoms with van der Waals surface area (Å²) in [4.78, 5) is 15.4. The van der Waals surface area contributed by atoms with Crippen LogP contribution in [-0.2, 0) is 4.79 Å². The molecule has 0 spiro atoms. The van der Waals surface area contributed by atoms with Gasteiger partial charge in [-0.15, -0.1) is 5.92 Å². The van der Waals surface area contributed by atoms with Crippen LogP contribution in [0.15, 0.2) is 47.1 Å². The first-order valence-corrected chi connectivity index (χ1v) is 14.6. The summed E-state index contributed by atoms with van der Waals surface area (Å²) in [7, 11) is 1.80. The number of allylic oxidation sites excluding steroid dienone is 4. The maximum Gasteiger partial charge on any atom is 0.156 e. The standard InChI is InChI=1S/C33H42N2O2/c1-4-16-33(34(3)37)18-15-30-27-13-10-24-21-26(36)22-29(31(24)28(27)14-17-32(30,33)2)23-8-11-25(12-9-23)35-19-6-5-7-20-35/h8-9,11-12,21,27,29-30,37H,5-7,10,13-15,17-20,22H2,1-3H3/t27-,29+,30+,32+,33+/m1/s1. The zero-order valence-electron chi connectivity index (χ0n) is 22.9. The van der Waals surface area contributed by atoms with E-state index in [0.717, 1.165) is 51.6 Å². The van der Waals surface area contributed by atoms with Crippen molar-refractivity contribution in [2.24, 2.45) is 17.3 Å². The second-order valence-electron chi connectivity index (χ2n) is 12.4. The van der Waals surface area contributed by atoms with Gasteiger partial charge in [0.15, 0.2) is 5.78 Å². The van der Waals surface area contributed by atoms with Crippen LogP contribution in [-0.4, -0.2) is 41.7 Å². The molecule has 0 unspecified atom stereocenters. The van der Waals surface area contributed by atoms with Crippen LogP contribution in [0.3, 0.4) is 0 Å². The number of nitrogens with zero attached hydrogens (tertiary/aromatic N) is 2. The molecule has 1 N–H and O–H groups in total. The van der Waals surface area contributed by atoms with Crippen LogP contribution in [0.1, 0.15) is 89.5 Å². The van der Waals surface area contributed by atoms with Crippen molar-refractivity contribution in [1.82, 2.24) is 5.06 Å². The normalized spacial score (nSPS) is 35.4. The SMILES string of the molecule is CC#C[C@]1(N(C)O)CC[C@H]2[C@@H]3CCC4=CC(=O)C[C@@H](c5ccc(N6CCCCC6)cc5)C4=C3CC[C@@]21C. The van der Waals surface area contributed by atoms with Crippen molar-refractivity contribution in [1.29, 1.82) is 0 Å². The Morgan fingerprint density at radius 3 is 2.51 bits per heavy atom. The molecule has 1 saturated heterocycles. The van der Waals surface area contributed by atoms with E-state index >= 15 is 0 Å². The van der Waals surface area contributed by atoms with Crippen molar-refractivity contribution < 1.29 is 10.0 Å². The van der Waals surface area contributed by atoms with Crippen LogP contribution in [0.25, 0.3) is 0 Å². The van der Waals surface area contributed by atoms with Crippen molar-refractivity contribution in [3.8, 4) is 11.8 Å². The summed E-state index contributed by atoms with van der Waals surface area (Å²) in [6.45, 7) is 6.59. The highest BCUT2D eigenvalue weighted by Gasteiger charge is 2.62. The lowest BCUT2D eigenvalue weighted by atomic mass is 9.53. The third kappa shape index (κ3) is 3.84. The van der Waals surface area contributed by atoms with Gasteiger partial charge in [0.1, 0.15) is 5.54 Å². The molecular weight excluding hydrogens is 456 g/mol. The van der Waals surface area contributed by atoms with E-state index in [9.17, 15) is 10.0 Å². The zero-order chi connectivity index (χ0) is 25.8. The minimum absolute atomic E-state index is 0.0362. The molecule has 0 amide bonds. The molecule has 37 heavy (non-hydrogen) atoms. The number of benzene rings is 1. The van der Waals surface area contributed by atoms with E-state index in [4.69, 9.17) is 0 Å². The monoisotopic (exact) mass is 498 g/mol. The largest absolute Gasteiger partial charge is 0.372 e. The molecule has 6 rings (SSSR count). The van der Waals surface area contributed by atoms with Crippen LogP contribution in [0, 0.1) is 29.1 Å². The lowest BCUT2D eigenvalue weighted by Gasteiger charge is -2.53. The van der Waals surface area contributed by atoms with E-state index in [1.165, 1.54) is 46.7 Å². The molecule has 1 heterocycles. The van der Waals surface area contributed by atoms with Crippen molar-refractivity contribution in [3.63, 3.8) is 0 Å². The molecule has 2 saturated carbocycles. The van der Waals surface area contributed by atoms with Crippen molar-refractivity contribution >= 4 is 11.5 Å². The summed E-state index contributed by atoms with van der Waals surface area (Å²) in [6.07, 6.45) is 12.7. The van der Waals surface area contributed by atoms with Gasteiger partial charge >= 0.3 is 0 Å².